The number of nitrogens with zero attached hydrogens (tertiary/aromatic N) is 4. The van der Waals surface area contributed by atoms with Crippen molar-refractivity contribution in [2.45, 2.75) is 31.4 Å². The van der Waals surface area contributed by atoms with Gasteiger partial charge in [-0.3, -0.25) is 14.1 Å². The molecule has 0 radical (unpaired) electrons. The van der Waals surface area contributed by atoms with Gasteiger partial charge in [0.1, 0.15) is 0 Å². The monoisotopic (exact) mass is 392 g/mol. The summed E-state index contributed by atoms with van der Waals surface area (Å²) in [4.78, 5) is 21.4. The lowest BCUT2D eigenvalue weighted by atomic mass is 10.0. The molecular formula is C22H21FN4O2. The molecule has 1 saturated carbocycles. The molecule has 0 amide bonds. The minimum absolute atomic E-state index is 0.0371. The summed E-state index contributed by atoms with van der Waals surface area (Å²) in [5, 5.41) is 0.905. The smallest absolute Gasteiger partial charge is 0.329 e. The number of hydrogen-bond acceptors (Lipinski definition) is 4. The molecule has 0 bridgehead atoms. The van der Waals surface area contributed by atoms with E-state index < -0.39 is 5.95 Å². The molecule has 4 aromatic rings. The average molecular weight is 392 g/mol. The van der Waals surface area contributed by atoms with E-state index in [2.05, 4.69) is 9.97 Å². The number of ether oxygens (including phenoxy) is 1. The molecule has 3 aromatic heterocycles. The zero-order valence-corrected chi connectivity index (χ0v) is 16.3. The quantitative estimate of drug-likeness (QED) is 0.497. The summed E-state index contributed by atoms with van der Waals surface area (Å²) < 4.78 is 22.3. The molecule has 3 heterocycles. The normalized spacial score (nSPS) is 19.4. The molecule has 0 unspecified atom stereocenters. The Morgan fingerprint density at radius 1 is 1.10 bits per heavy atom. The Morgan fingerprint density at radius 2 is 1.93 bits per heavy atom. The van der Waals surface area contributed by atoms with E-state index in [0.717, 1.165) is 52.3 Å². The van der Waals surface area contributed by atoms with Gasteiger partial charge in [0.05, 0.1) is 28.9 Å². The number of aryl methyl sites for hydroxylation is 1. The third kappa shape index (κ3) is 2.84. The van der Waals surface area contributed by atoms with Crippen LogP contribution in [0, 0.1) is 5.95 Å². The Labute approximate surface area is 166 Å². The largest absolute Gasteiger partial charge is 0.381 e. The third-order valence-electron chi connectivity index (χ3n) is 6.03. The van der Waals surface area contributed by atoms with Crippen LogP contribution in [0.4, 0.5) is 4.39 Å². The molecule has 1 fully saturated rings. The average Bonchev–Trinajstić information content (AvgIpc) is 3.31. The molecule has 148 valence electrons. The van der Waals surface area contributed by atoms with Gasteiger partial charge in [-0.1, -0.05) is 6.07 Å². The second-order valence-corrected chi connectivity index (χ2v) is 7.63. The molecule has 5 rings (SSSR count). The van der Waals surface area contributed by atoms with E-state index in [4.69, 9.17) is 4.74 Å². The summed E-state index contributed by atoms with van der Waals surface area (Å²) in [5.74, 6) is -0.510. The molecular weight excluding hydrogens is 371 g/mol. The first-order chi connectivity index (χ1) is 14.1. The van der Waals surface area contributed by atoms with E-state index in [-0.39, 0.29) is 17.8 Å². The van der Waals surface area contributed by atoms with E-state index in [9.17, 15) is 9.18 Å². The maximum Gasteiger partial charge on any atom is 0.329 e. The van der Waals surface area contributed by atoms with Gasteiger partial charge in [0.2, 0.25) is 5.95 Å². The van der Waals surface area contributed by atoms with Crippen LogP contribution in [0.5, 0.6) is 0 Å². The van der Waals surface area contributed by atoms with Crippen LogP contribution in [0.15, 0.2) is 47.5 Å². The number of halogens is 1. The molecule has 29 heavy (non-hydrogen) atoms. The van der Waals surface area contributed by atoms with Crippen molar-refractivity contribution in [3.05, 3.63) is 59.2 Å². The highest BCUT2D eigenvalue weighted by atomic mass is 19.1. The summed E-state index contributed by atoms with van der Waals surface area (Å²) in [6.45, 7) is 0. The molecule has 2 atom stereocenters. The second kappa shape index (κ2) is 6.77. The lowest BCUT2D eigenvalue weighted by Gasteiger charge is -2.14. The Bertz CT molecular complexity index is 1280. The fourth-order valence-electron chi connectivity index (χ4n) is 4.46. The molecule has 6 nitrogen and oxygen atoms in total. The number of rotatable bonds is 3. The van der Waals surface area contributed by atoms with Crippen LogP contribution in [0.2, 0.25) is 0 Å². The molecule has 7 heteroatoms. The zero-order valence-electron chi connectivity index (χ0n) is 16.3. The van der Waals surface area contributed by atoms with Crippen LogP contribution in [0.3, 0.4) is 0 Å². The van der Waals surface area contributed by atoms with Crippen LogP contribution < -0.4 is 5.69 Å². The molecule has 0 aliphatic heterocycles. The molecule has 0 saturated heterocycles. The Morgan fingerprint density at radius 3 is 2.66 bits per heavy atom. The van der Waals surface area contributed by atoms with Gasteiger partial charge in [0.15, 0.2) is 0 Å². The molecule has 0 spiro atoms. The molecule has 0 N–H and O–H groups in total. The van der Waals surface area contributed by atoms with Gasteiger partial charge in [-0.25, -0.2) is 9.78 Å². The zero-order chi connectivity index (χ0) is 20.1. The Balaban J connectivity index is 1.76. The molecule has 1 aromatic carbocycles. The standard InChI is InChI=1S/C22H21FN4O2/c1-26-19-12-24-18-7-3-13(14-4-8-20(23)25-11-14)9-17(18)21(19)27(22(26)28)15-5-6-16(10-15)29-2/h3-4,7-9,11-12,15-16H,5-6,10H2,1-2H3/t15-,16-/m0/s1. The van der Waals surface area contributed by atoms with Gasteiger partial charge >= 0.3 is 5.69 Å². The van der Waals surface area contributed by atoms with Crippen molar-refractivity contribution in [2.24, 2.45) is 7.05 Å². The maximum absolute atomic E-state index is 13.2. The van der Waals surface area contributed by atoms with Crippen LogP contribution in [-0.2, 0) is 11.8 Å². The first kappa shape index (κ1) is 18.0. The van der Waals surface area contributed by atoms with Crippen molar-refractivity contribution in [2.75, 3.05) is 7.11 Å². The van der Waals surface area contributed by atoms with Gasteiger partial charge in [0.25, 0.3) is 0 Å². The highest BCUT2D eigenvalue weighted by Crippen LogP contribution is 2.35. The van der Waals surface area contributed by atoms with Crippen molar-refractivity contribution >= 4 is 21.9 Å². The number of aromatic nitrogens is 4. The fraction of sp³-hybridized carbons (Fsp3) is 0.318. The summed E-state index contributed by atoms with van der Waals surface area (Å²) in [6.07, 6.45) is 6.12. The van der Waals surface area contributed by atoms with Crippen molar-refractivity contribution in [1.82, 2.24) is 19.1 Å². The van der Waals surface area contributed by atoms with Crippen molar-refractivity contribution in [3.8, 4) is 11.1 Å². The summed E-state index contributed by atoms with van der Waals surface area (Å²) in [6, 6.07) is 9.03. The SMILES string of the molecule is CO[C@H]1CC[C@H](n2c(=O)n(C)c3cnc4ccc(-c5ccc(F)nc5)cc4c32)C1. The summed E-state index contributed by atoms with van der Waals surface area (Å²) in [7, 11) is 3.51. The van der Waals surface area contributed by atoms with Crippen LogP contribution in [0.1, 0.15) is 25.3 Å². The summed E-state index contributed by atoms with van der Waals surface area (Å²) >= 11 is 0. The van der Waals surface area contributed by atoms with Gasteiger partial charge in [-0.05, 0) is 49.1 Å². The molecule has 1 aliphatic rings. The van der Waals surface area contributed by atoms with E-state index >= 15 is 0 Å². The topological polar surface area (TPSA) is 61.9 Å². The molecule has 1 aliphatic carbocycles. The van der Waals surface area contributed by atoms with Gasteiger partial charge < -0.3 is 4.74 Å². The number of fused-ring (bicyclic) bond motifs is 3. The van der Waals surface area contributed by atoms with Crippen molar-refractivity contribution < 1.29 is 9.13 Å². The van der Waals surface area contributed by atoms with Gasteiger partial charge in [-0.2, -0.15) is 4.39 Å². The van der Waals surface area contributed by atoms with Gasteiger partial charge in [-0.15, -0.1) is 0 Å². The highest BCUT2D eigenvalue weighted by molar-refractivity contribution is 6.04. The number of benzene rings is 1. The third-order valence-corrected chi connectivity index (χ3v) is 6.03. The first-order valence-corrected chi connectivity index (χ1v) is 9.71. The predicted octanol–water partition coefficient (Wildman–Crippen LogP) is 3.83. The van der Waals surface area contributed by atoms with E-state index in [1.165, 1.54) is 12.3 Å². The highest BCUT2D eigenvalue weighted by Gasteiger charge is 2.29. The van der Waals surface area contributed by atoms with Crippen LogP contribution in [-0.4, -0.2) is 32.3 Å². The van der Waals surface area contributed by atoms with E-state index in [1.54, 1.807) is 31.0 Å². The number of hydrogen-bond donors (Lipinski definition) is 0. The fourth-order valence-corrected chi connectivity index (χ4v) is 4.46. The van der Waals surface area contributed by atoms with E-state index in [1.807, 2.05) is 22.8 Å². The predicted molar refractivity (Wildman–Crippen MR) is 109 cm³/mol. The number of imidazole rings is 1. The van der Waals surface area contributed by atoms with E-state index in [0.29, 0.717) is 0 Å². The van der Waals surface area contributed by atoms with Crippen molar-refractivity contribution in [3.63, 3.8) is 0 Å². The Kier molecular flexibility index (Phi) is 4.20. The van der Waals surface area contributed by atoms with Crippen LogP contribution >= 0.6 is 0 Å². The maximum atomic E-state index is 13.2. The number of pyridine rings is 2. The summed E-state index contributed by atoms with van der Waals surface area (Å²) in [5.41, 5.74) is 4.19. The second-order valence-electron chi connectivity index (χ2n) is 7.63. The minimum atomic E-state index is -0.510. The number of methoxy groups -OCH3 is 1. The Hall–Kier alpha value is -3.06. The minimum Gasteiger partial charge on any atom is -0.381 e. The van der Waals surface area contributed by atoms with Crippen LogP contribution in [0.25, 0.3) is 33.1 Å². The lowest BCUT2D eigenvalue weighted by Crippen LogP contribution is -2.25. The van der Waals surface area contributed by atoms with Crippen molar-refractivity contribution in [1.29, 1.82) is 0 Å². The van der Waals surface area contributed by atoms with Gasteiger partial charge in [0, 0.05) is 37.3 Å². The first-order valence-electron chi connectivity index (χ1n) is 9.71. The lowest BCUT2D eigenvalue weighted by molar-refractivity contribution is 0.106.